The first kappa shape index (κ1) is 60.3. The third-order valence-corrected chi connectivity index (χ3v) is 13.4. The molecule has 4 amide bonds. The minimum atomic E-state index is -4.75. The number of phosphoric acid groups is 1. The summed E-state index contributed by atoms with van der Waals surface area (Å²) in [4.78, 5) is 78.4. The molecule has 68 heavy (non-hydrogen) atoms. The van der Waals surface area contributed by atoms with Gasteiger partial charge in [0.05, 0.1) is 26.2 Å². The highest BCUT2D eigenvalue weighted by Gasteiger charge is 2.29. The van der Waals surface area contributed by atoms with Crippen LogP contribution in [0, 0.1) is 5.92 Å². The molecule has 0 spiro atoms. The molecule has 0 aliphatic rings. The first-order chi connectivity index (χ1) is 32.9. The van der Waals surface area contributed by atoms with Gasteiger partial charge in [0.25, 0.3) is 0 Å². The highest BCUT2D eigenvalue weighted by Crippen LogP contribution is 2.43. The van der Waals surface area contributed by atoms with Crippen molar-refractivity contribution in [1.29, 1.82) is 0 Å². The number of para-hydroxylation sites is 1. The monoisotopic (exact) mass is 976 g/mol. The van der Waals surface area contributed by atoms with Crippen molar-refractivity contribution < 1.29 is 47.2 Å². The van der Waals surface area contributed by atoms with Crippen LogP contribution < -0.4 is 21.3 Å². The number of hydrogen-bond donors (Lipinski definition) is 6. The summed E-state index contributed by atoms with van der Waals surface area (Å²) < 4.78 is 28.6. The quantitative estimate of drug-likeness (QED) is 0.0210. The highest BCUT2D eigenvalue weighted by atomic mass is 31.2. The maximum absolute atomic E-state index is 13.3. The van der Waals surface area contributed by atoms with Crippen LogP contribution >= 0.6 is 7.82 Å². The van der Waals surface area contributed by atoms with Gasteiger partial charge in [-0.25, -0.2) is 4.57 Å². The molecule has 0 bridgehead atoms. The second-order valence-electron chi connectivity index (χ2n) is 18.4. The Labute approximate surface area is 408 Å². The molecule has 16 heteroatoms. The van der Waals surface area contributed by atoms with E-state index in [1.54, 1.807) is 6.20 Å². The molecule has 1 aromatic heterocycles. The van der Waals surface area contributed by atoms with E-state index in [0.29, 0.717) is 25.7 Å². The van der Waals surface area contributed by atoms with Crippen molar-refractivity contribution in [1.82, 2.24) is 26.3 Å². The second-order valence-corrected chi connectivity index (χ2v) is 19.9. The molecule has 2 unspecified atom stereocenters. The number of rotatable bonds is 43. The van der Waals surface area contributed by atoms with Gasteiger partial charge in [-0.2, -0.15) is 0 Å². The van der Waals surface area contributed by atoms with Crippen LogP contribution in [0.25, 0.3) is 10.9 Å². The van der Waals surface area contributed by atoms with Crippen LogP contribution in [0.2, 0.25) is 0 Å². The number of benzene rings is 1. The summed E-state index contributed by atoms with van der Waals surface area (Å²) in [6, 6.07) is 5.49. The zero-order chi connectivity index (χ0) is 49.7. The van der Waals surface area contributed by atoms with Gasteiger partial charge in [0.1, 0.15) is 12.1 Å². The molecule has 2 rings (SSSR count). The van der Waals surface area contributed by atoms with Crippen molar-refractivity contribution in [2.24, 2.45) is 5.92 Å². The van der Waals surface area contributed by atoms with E-state index in [-0.39, 0.29) is 56.2 Å². The minimum Gasteiger partial charge on any atom is -0.466 e. The fraction of sp³-hybridized carbons (Fsp3) is 0.750. The van der Waals surface area contributed by atoms with Crippen LogP contribution in [0.5, 0.6) is 0 Å². The van der Waals surface area contributed by atoms with Crippen molar-refractivity contribution in [3.63, 3.8) is 0 Å². The Bertz CT molecular complexity index is 1740. The largest absolute Gasteiger partial charge is 0.472 e. The molecule has 0 aliphatic heterocycles. The predicted octanol–water partition coefficient (Wildman–Crippen LogP) is 10.4. The van der Waals surface area contributed by atoms with Gasteiger partial charge in [-0.1, -0.05) is 181 Å². The number of aromatic nitrogens is 1. The average molecular weight is 976 g/mol. The topological polar surface area (TPSA) is 214 Å². The molecule has 0 aliphatic carbocycles. The van der Waals surface area contributed by atoms with Gasteiger partial charge >= 0.3 is 13.8 Å². The number of ether oxygens (including phenoxy) is 1. The Morgan fingerprint density at radius 2 is 1.18 bits per heavy atom. The van der Waals surface area contributed by atoms with Gasteiger partial charge in [-0.15, -0.1) is 0 Å². The fourth-order valence-electron chi connectivity index (χ4n) is 8.03. The summed E-state index contributed by atoms with van der Waals surface area (Å²) >= 11 is 0. The lowest BCUT2D eigenvalue weighted by molar-refractivity contribution is -0.143. The van der Waals surface area contributed by atoms with Crippen LogP contribution in [0.3, 0.4) is 0 Å². The smallest absolute Gasteiger partial charge is 0.466 e. The van der Waals surface area contributed by atoms with Crippen molar-refractivity contribution in [2.45, 2.75) is 213 Å². The number of phosphoric ester groups is 1. The Kier molecular flexibility index (Phi) is 33.7. The number of esters is 1. The summed E-state index contributed by atoms with van der Waals surface area (Å²) in [5, 5.41) is 11.8. The first-order valence-corrected chi connectivity index (χ1v) is 27.9. The summed E-state index contributed by atoms with van der Waals surface area (Å²) in [7, 11) is -4.75. The van der Waals surface area contributed by atoms with E-state index in [4.69, 9.17) is 13.8 Å². The molecule has 2 aromatic rings. The van der Waals surface area contributed by atoms with Crippen LogP contribution in [0.15, 0.2) is 30.5 Å². The number of unbranched alkanes of at least 4 members (excludes halogenated alkanes) is 20. The molecule has 0 radical (unpaired) electrons. The van der Waals surface area contributed by atoms with Crippen molar-refractivity contribution in [3.8, 4) is 0 Å². The number of hydrogen-bond acceptors (Lipinski definition) is 9. The molecular weight excluding hydrogens is 886 g/mol. The lowest BCUT2D eigenvalue weighted by Crippen LogP contribution is -2.51. The van der Waals surface area contributed by atoms with E-state index in [2.05, 4.69) is 40.1 Å². The van der Waals surface area contributed by atoms with Gasteiger partial charge in [-0.05, 0) is 36.8 Å². The molecule has 388 valence electrons. The average Bonchev–Trinajstić information content (AvgIpc) is 3.73. The number of carbonyl (C=O) groups is 5. The SMILES string of the molecule is CCCCCCCCCCCCCCCC(=O)OCCCNC(=O)C(COP(=O)(O)OCCNC(=O)[C@@H](NC(=O)Cc1c[nH]c2ccccc12)[C@@H](C)CC)NC(=O)CCCCCCCCCCC. The van der Waals surface area contributed by atoms with Crippen LogP contribution in [-0.4, -0.2) is 84.5 Å². The third-order valence-electron chi connectivity index (χ3n) is 12.4. The van der Waals surface area contributed by atoms with Gasteiger partial charge < -0.3 is 35.9 Å². The minimum absolute atomic E-state index is 0.0755. The molecular formula is C52H90N5O10P. The van der Waals surface area contributed by atoms with E-state index in [1.807, 2.05) is 38.1 Å². The number of nitrogens with one attached hydrogen (secondary N) is 5. The summed E-state index contributed by atoms with van der Waals surface area (Å²) in [5.41, 5.74) is 1.71. The highest BCUT2D eigenvalue weighted by molar-refractivity contribution is 7.47. The molecule has 1 aromatic carbocycles. The molecule has 0 saturated carbocycles. The van der Waals surface area contributed by atoms with Crippen molar-refractivity contribution in [2.75, 3.05) is 32.9 Å². The maximum atomic E-state index is 13.3. The lowest BCUT2D eigenvalue weighted by Gasteiger charge is -2.24. The first-order valence-electron chi connectivity index (χ1n) is 26.4. The molecule has 15 nitrogen and oxygen atoms in total. The Balaban J connectivity index is 1.78. The number of amides is 4. The molecule has 4 atom stereocenters. The van der Waals surface area contributed by atoms with E-state index in [0.717, 1.165) is 55.0 Å². The summed E-state index contributed by atoms with van der Waals surface area (Å²) in [6.07, 6.45) is 29.0. The van der Waals surface area contributed by atoms with Crippen molar-refractivity contribution >= 4 is 48.3 Å². The Morgan fingerprint density at radius 1 is 0.632 bits per heavy atom. The third kappa shape index (κ3) is 28.6. The van der Waals surface area contributed by atoms with Crippen molar-refractivity contribution in [3.05, 3.63) is 36.0 Å². The van der Waals surface area contributed by atoms with Crippen LogP contribution in [0.4, 0.5) is 0 Å². The number of H-pyrrole nitrogens is 1. The summed E-state index contributed by atoms with van der Waals surface area (Å²) in [6.45, 7) is 7.23. The van der Waals surface area contributed by atoms with Gasteiger partial charge in [-0.3, -0.25) is 33.0 Å². The lowest BCUT2D eigenvalue weighted by atomic mass is 9.98. The van der Waals surface area contributed by atoms with E-state index >= 15 is 0 Å². The van der Waals surface area contributed by atoms with E-state index in [1.165, 1.54) is 96.3 Å². The molecule has 0 saturated heterocycles. The second kappa shape index (κ2) is 38.0. The van der Waals surface area contributed by atoms with E-state index < -0.39 is 44.9 Å². The fourth-order valence-corrected chi connectivity index (χ4v) is 8.76. The zero-order valence-corrected chi connectivity index (χ0v) is 43.2. The van der Waals surface area contributed by atoms with Gasteiger partial charge in [0, 0.05) is 43.0 Å². The van der Waals surface area contributed by atoms with Crippen LogP contribution in [-0.2, 0) is 48.7 Å². The number of fused-ring (bicyclic) bond motifs is 1. The summed E-state index contributed by atoms with van der Waals surface area (Å²) in [5.74, 6) is -2.29. The van der Waals surface area contributed by atoms with Gasteiger partial charge in [0.15, 0.2) is 0 Å². The van der Waals surface area contributed by atoms with E-state index in [9.17, 15) is 33.4 Å². The number of aromatic amines is 1. The number of carbonyl (C=O) groups excluding carboxylic acids is 5. The molecule has 1 heterocycles. The zero-order valence-electron chi connectivity index (χ0n) is 42.3. The Hall–Kier alpha value is -3.78. The standard InChI is InChI=1S/C52H90N5O10P/c1-5-8-10-12-14-16-17-18-19-21-23-25-27-34-49(60)65-37-30-35-53-51(61)46(56-47(58)33-26-24-22-20-15-13-11-9-6-2)41-67-68(63,64)66-38-36-54-52(62)50(42(4)7-3)57-48(59)39-43-40-55-45-32-29-28-31-44(43)45/h28-29,31-32,40,42,46,50,55H,5-27,30,33-39,41H2,1-4H3,(H,53,61)(H,54,62)(H,56,58)(H,57,59)(H,63,64)/t42-,46?,50-/m0/s1. The maximum Gasteiger partial charge on any atom is 0.472 e. The molecule has 0 fully saturated rings. The normalized spacial score (nSPS) is 13.6. The Morgan fingerprint density at radius 3 is 1.76 bits per heavy atom. The molecule has 6 N–H and O–H groups in total. The van der Waals surface area contributed by atoms with Gasteiger partial charge in [0.2, 0.25) is 23.6 Å². The van der Waals surface area contributed by atoms with Crippen LogP contribution in [0.1, 0.15) is 200 Å². The predicted molar refractivity (Wildman–Crippen MR) is 271 cm³/mol.